The second-order valence-corrected chi connectivity index (χ2v) is 10.3. The molecule has 4 rings (SSSR count). The maximum atomic E-state index is 13.2. The number of amides is 2. The van der Waals surface area contributed by atoms with Gasteiger partial charge in [0.2, 0.25) is 5.91 Å². The summed E-state index contributed by atoms with van der Waals surface area (Å²) >= 11 is 0. The van der Waals surface area contributed by atoms with Crippen LogP contribution in [0.5, 0.6) is 0 Å². The van der Waals surface area contributed by atoms with Crippen molar-refractivity contribution in [2.24, 2.45) is 0 Å². The average Bonchev–Trinajstić information content (AvgIpc) is 3.15. The van der Waals surface area contributed by atoms with Gasteiger partial charge in [0, 0.05) is 25.4 Å². The lowest BCUT2D eigenvalue weighted by Gasteiger charge is -2.32. The topological polar surface area (TPSA) is 88.1 Å². The standard InChI is InChI=1S/C28H36N2O5/c1-28(2,3)35-25(31)17-24(26(32)30-15-9-4-10-16-30)29-27(33)34-18-23-21-13-7-5-11-19(21)20-12-6-8-14-22(20)23/h5-8,11-14,23-25,31H,4,9-10,15-18H2,1-3H3,(H,29,33)/t24-,25?/m0/s1. The average molecular weight is 481 g/mol. The van der Waals surface area contributed by atoms with Crippen LogP contribution >= 0.6 is 0 Å². The molecule has 2 N–H and O–H groups in total. The number of aliphatic hydroxyl groups is 1. The number of ether oxygens (including phenoxy) is 2. The number of piperidine rings is 1. The van der Waals surface area contributed by atoms with Crippen LogP contribution < -0.4 is 5.32 Å². The summed E-state index contributed by atoms with van der Waals surface area (Å²) in [5.74, 6) is -0.283. The summed E-state index contributed by atoms with van der Waals surface area (Å²) < 4.78 is 11.2. The molecule has 1 heterocycles. The van der Waals surface area contributed by atoms with Crippen LogP contribution in [0.1, 0.15) is 63.5 Å². The van der Waals surface area contributed by atoms with Crippen LogP contribution in [0.25, 0.3) is 11.1 Å². The lowest BCUT2D eigenvalue weighted by molar-refractivity contribution is -0.174. The number of aliphatic hydroxyl groups excluding tert-OH is 1. The largest absolute Gasteiger partial charge is 0.449 e. The summed E-state index contributed by atoms with van der Waals surface area (Å²) in [6.45, 7) is 6.95. The fraction of sp³-hybridized carbons (Fsp3) is 0.500. The molecule has 2 atom stereocenters. The molecule has 35 heavy (non-hydrogen) atoms. The molecule has 1 aliphatic heterocycles. The van der Waals surface area contributed by atoms with Gasteiger partial charge in [0.25, 0.3) is 0 Å². The first-order valence-corrected chi connectivity index (χ1v) is 12.5. The monoisotopic (exact) mass is 480 g/mol. The highest BCUT2D eigenvalue weighted by Gasteiger charge is 2.33. The van der Waals surface area contributed by atoms with E-state index in [1.54, 1.807) is 4.90 Å². The van der Waals surface area contributed by atoms with Crippen LogP contribution in [0, 0.1) is 0 Å². The van der Waals surface area contributed by atoms with E-state index < -0.39 is 24.0 Å². The highest BCUT2D eigenvalue weighted by atomic mass is 16.6. The molecule has 0 saturated carbocycles. The number of alkyl carbamates (subject to hydrolysis) is 1. The van der Waals surface area contributed by atoms with E-state index >= 15 is 0 Å². The molecule has 7 heteroatoms. The van der Waals surface area contributed by atoms with Crippen LogP contribution in [-0.4, -0.2) is 59.6 Å². The maximum Gasteiger partial charge on any atom is 0.407 e. The smallest absolute Gasteiger partial charge is 0.407 e. The Labute approximate surface area is 207 Å². The summed E-state index contributed by atoms with van der Waals surface area (Å²) in [6, 6.07) is 15.3. The Balaban J connectivity index is 1.43. The number of benzene rings is 2. The van der Waals surface area contributed by atoms with Crippen molar-refractivity contribution in [1.29, 1.82) is 0 Å². The van der Waals surface area contributed by atoms with Crippen LogP contribution in [0.3, 0.4) is 0 Å². The van der Waals surface area contributed by atoms with E-state index in [0.29, 0.717) is 13.1 Å². The number of carbonyl (C=O) groups is 2. The molecule has 188 valence electrons. The van der Waals surface area contributed by atoms with Gasteiger partial charge in [0.15, 0.2) is 6.29 Å². The Bertz CT molecular complexity index is 996. The second-order valence-electron chi connectivity index (χ2n) is 10.3. The zero-order valence-electron chi connectivity index (χ0n) is 20.8. The van der Waals surface area contributed by atoms with Gasteiger partial charge in [0.1, 0.15) is 12.6 Å². The van der Waals surface area contributed by atoms with Crippen molar-refractivity contribution in [1.82, 2.24) is 10.2 Å². The van der Waals surface area contributed by atoms with Crippen LogP contribution in [0.2, 0.25) is 0 Å². The zero-order valence-corrected chi connectivity index (χ0v) is 20.8. The van der Waals surface area contributed by atoms with Gasteiger partial charge in [0.05, 0.1) is 5.60 Å². The number of fused-ring (bicyclic) bond motifs is 3. The molecule has 1 fully saturated rings. The highest BCUT2D eigenvalue weighted by molar-refractivity contribution is 5.86. The Morgan fingerprint density at radius 2 is 1.57 bits per heavy atom. The summed E-state index contributed by atoms with van der Waals surface area (Å²) in [6.07, 6.45) is 1.04. The van der Waals surface area contributed by atoms with Gasteiger partial charge < -0.3 is 24.8 Å². The third-order valence-corrected chi connectivity index (χ3v) is 6.53. The molecular weight excluding hydrogens is 444 g/mol. The molecule has 1 aliphatic carbocycles. The Kier molecular flexibility index (Phi) is 7.77. The Hall–Kier alpha value is -2.90. The lowest BCUT2D eigenvalue weighted by atomic mass is 9.98. The van der Waals surface area contributed by atoms with Crippen LogP contribution in [0.4, 0.5) is 4.79 Å². The van der Waals surface area contributed by atoms with Crippen molar-refractivity contribution >= 4 is 12.0 Å². The molecule has 2 aromatic rings. The quantitative estimate of drug-likeness (QED) is 0.573. The van der Waals surface area contributed by atoms with Crippen molar-refractivity contribution in [3.63, 3.8) is 0 Å². The first-order chi connectivity index (χ1) is 16.7. The van der Waals surface area contributed by atoms with Gasteiger partial charge in [-0.2, -0.15) is 0 Å². The number of hydrogen-bond acceptors (Lipinski definition) is 5. The number of nitrogens with zero attached hydrogens (tertiary/aromatic N) is 1. The van der Waals surface area contributed by atoms with Gasteiger partial charge in [-0.25, -0.2) is 4.79 Å². The molecule has 7 nitrogen and oxygen atoms in total. The van der Waals surface area contributed by atoms with Crippen molar-refractivity contribution in [3.8, 4) is 11.1 Å². The molecule has 0 spiro atoms. The van der Waals surface area contributed by atoms with Gasteiger partial charge in [-0.1, -0.05) is 48.5 Å². The highest BCUT2D eigenvalue weighted by Crippen LogP contribution is 2.44. The van der Waals surface area contributed by atoms with Crippen molar-refractivity contribution in [2.75, 3.05) is 19.7 Å². The minimum Gasteiger partial charge on any atom is -0.449 e. The van der Waals surface area contributed by atoms with Gasteiger partial charge >= 0.3 is 6.09 Å². The molecule has 0 bridgehead atoms. The molecule has 1 saturated heterocycles. The van der Waals surface area contributed by atoms with E-state index in [0.717, 1.165) is 41.5 Å². The van der Waals surface area contributed by atoms with E-state index in [4.69, 9.17) is 9.47 Å². The summed E-state index contributed by atoms with van der Waals surface area (Å²) in [5, 5.41) is 13.2. The lowest BCUT2D eigenvalue weighted by Crippen LogP contribution is -2.52. The third kappa shape index (κ3) is 6.21. The minimum atomic E-state index is -1.19. The number of carbonyl (C=O) groups excluding carboxylic acids is 2. The van der Waals surface area contributed by atoms with Crippen molar-refractivity contribution in [2.45, 2.75) is 70.3 Å². The number of hydrogen-bond donors (Lipinski definition) is 2. The normalized spacial score (nSPS) is 17.3. The first kappa shape index (κ1) is 25.2. The summed E-state index contributed by atoms with van der Waals surface area (Å²) in [5.41, 5.74) is 3.96. The predicted molar refractivity (Wildman–Crippen MR) is 134 cm³/mol. The number of rotatable bonds is 7. The summed E-state index contributed by atoms with van der Waals surface area (Å²) in [7, 11) is 0. The molecular formula is C28H36N2O5. The maximum absolute atomic E-state index is 13.2. The molecule has 2 aliphatic rings. The molecule has 0 aromatic heterocycles. The third-order valence-electron chi connectivity index (χ3n) is 6.53. The molecule has 1 unspecified atom stereocenters. The van der Waals surface area contributed by atoms with E-state index in [1.165, 1.54) is 0 Å². The Morgan fingerprint density at radius 3 is 2.14 bits per heavy atom. The van der Waals surface area contributed by atoms with E-state index in [9.17, 15) is 14.7 Å². The Morgan fingerprint density at radius 1 is 1.00 bits per heavy atom. The zero-order chi connectivity index (χ0) is 25.0. The van der Waals surface area contributed by atoms with E-state index in [2.05, 4.69) is 29.6 Å². The molecule has 2 amide bonds. The number of nitrogens with one attached hydrogen (secondary N) is 1. The van der Waals surface area contributed by atoms with E-state index in [1.807, 2.05) is 45.0 Å². The van der Waals surface area contributed by atoms with Gasteiger partial charge in [-0.15, -0.1) is 0 Å². The second kappa shape index (κ2) is 10.8. The fourth-order valence-corrected chi connectivity index (χ4v) is 5.00. The predicted octanol–water partition coefficient (Wildman–Crippen LogP) is 4.43. The molecule has 0 radical (unpaired) electrons. The van der Waals surface area contributed by atoms with Crippen molar-refractivity contribution in [3.05, 3.63) is 59.7 Å². The van der Waals surface area contributed by atoms with Gasteiger partial charge in [-0.05, 0) is 62.3 Å². The first-order valence-electron chi connectivity index (χ1n) is 12.5. The van der Waals surface area contributed by atoms with Crippen LogP contribution in [-0.2, 0) is 14.3 Å². The SMILES string of the molecule is CC(C)(C)OC(O)C[C@H](NC(=O)OCC1c2ccccc2-c2ccccc21)C(=O)N1CCCCC1. The minimum absolute atomic E-state index is 0.0448. The fourth-order valence-electron chi connectivity index (χ4n) is 5.00. The molecule has 2 aromatic carbocycles. The van der Waals surface area contributed by atoms with E-state index in [-0.39, 0.29) is 24.9 Å². The van der Waals surface area contributed by atoms with Gasteiger partial charge in [-0.3, -0.25) is 4.79 Å². The number of likely N-dealkylation sites (tertiary alicyclic amines) is 1. The van der Waals surface area contributed by atoms with Crippen molar-refractivity contribution < 1.29 is 24.2 Å². The summed E-state index contributed by atoms with van der Waals surface area (Å²) in [4.78, 5) is 27.8. The van der Waals surface area contributed by atoms with Crippen LogP contribution in [0.15, 0.2) is 48.5 Å².